The lowest BCUT2D eigenvalue weighted by atomic mass is 10.3. The third-order valence-electron chi connectivity index (χ3n) is 2.35. The third kappa shape index (κ3) is 1.66. The summed E-state index contributed by atoms with van der Waals surface area (Å²) in [6.07, 6.45) is 2.34. The van der Waals surface area contributed by atoms with Crippen molar-refractivity contribution in [2.24, 2.45) is 0 Å². The lowest BCUT2D eigenvalue weighted by molar-refractivity contribution is 0.582. The molecule has 0 spiro atoms. The zero-order valence-corrected chi connectivity index (χ0v) is 8.56. The fourth-order valence-electron chi connectivity index (χ4n) is 1.56. The van der Waals surface area contributed by atoms with Crippen LogP contribution in [0.1, 0.15) is 18.4 Å². The summed E-state index contributed by atoms with van der Waals surface area (Å²) in [5, 5.41) is 1.13. The van der Waals surface area contributed by atoms with Crippen molar-refractivity contribution in [2.75, 3.05) is 5.75 Å². The number of thioether (sulfide) groups is 1. The van der Waals surface area contributed by atoms with Gasteiger partial charge in [-0.2, -0.15) is 0 Å². The summed E-state index contributed by atoms with van der Waals surface area (Å²) in [6, 6.07) is 3.99. The molecule has 0 bridgehead atoms. The van der Waals surface area contributed by atoms with E-state index in [0.717, 1.165) is 29.3 Å². The molecule has 0 aliphatic carbocycles. The van der Waals surface area contributed by atoms with Crippen LogP contribution in [-0.4, -0.2) is 10.3 Å². The number of aromatic nitrogens is 1. The Balaban J connectivity index is 2.54. The van der Waals surface area contributed by atoms with Crippen LogP contribution in [0.3, 0.4) is 0 Å². The maximum absolute atomic E-state index is 11.7. The Labute approximate surface area is 82.0 Å². The van der Waals surface area contributed by atoms with Crippen molar-refractivity contribution >= 4 is 11.8 Å². The Morgan fingerprint density at radius 2 is 2.23 bits per heavy atom. The molecule has 0 saturated heterocycles. The second kappa shape index (κ2) is 3.58. The first kappa shape index (κ1) is 8.88. The molecule has 70 valence electrons. The van der Waals surface area contributed by atoms with Crippen LogP contribution in [0.25, 0.3) is 0 Å². The van der Waals surface area contributed by atoms with Crippen molar-refractivity contribution in [3.05, 3.63) is 28.0 Å². The van der Waals surface area contributed by atoms with E-state index in [-0.39, 0.29) is 5.56 Å². The second-order valence-corrected chi connectivity index (χ2v) is 4.48. The molecule has 13 heavy (non-hydrogen) atoms. The van der Waals surface area contributed by atoms with Gasteiger partial charge in [0, 0.05) is 12.1 Å². The number of aryl methyl sites for hydroxylation is 1. The Kier molecular flexibility index (Phi) is 2.44. The number of pyridine rings is 1. The second-order valence-electron chi connectivity index (χ2n) is 3.37. The van der Waals surface area contributed by atoms with E-state index in [1.807, 2.05) is 17.6 Å². The summed E-state index contributed by atoms with van der Waals surface area (Å²) in [4.78, 5) is 11.7. The molecule has 0 saturated carbocycles. The molecular formula is C10H13NOS. The highest BCUT2D eigenvalue weighted by Crippen LogP contribution is 2.22. The van der Waals surface area contributed by atoms with E-state index in [4.69, 9.17) is 0 Å². The predicted octanol–water partition coefficient (Wildman–Crippen LogP) is 2.04. The van der Waals surface area contributed by atoms with Gasteiger partial charge < -0.3 is 4.57 Å². The van der Waals surface area contributed by atoms with Crippen molar-refractivity contribution in [1.29, 1.82) is 0 Å². The summed E-state index contributed by atoms with van der Waals surface area (Å²) < 4.78 is 1.91. The molecular weight excluding hydrogens is 182 g/mol. The highest BCUT2D eigenvalue weighted by Gasteiger charge is 2.09. The summed E-state index contributed by atoms with van der Waals surface area (Å²) in [7, 11) is 0. The molecule has 0 aromatic carbocycles. The van der Waals surface area contributed by atoms with E-state index in [0.29, 0.717) is 0 Å². The van der Waals surface area contributed by atoms with Gasteiger partial charge in [0.15, 0.2) is 0 Å². The van der Waals surface area contributed by atoms with Gasteiger partial charge in [-0.25, -0.2) is 0 Å². The number of hydrogen-bond donors (Lipinski definition) is 0. The van der Waals surface area contributed by atoms with Crippen molar-refractivity contribution in [3.8, 4) is 0 Å². The van der Waals surface area contributed by atoms with Gasteiger partial charge in [-0.05, 0) is 31.6 Å². The molecule has 2 heterocycles. The molecule has 2 nitrogen and oxygen atoms in total. The van der Waals surface area contributed by atoms with E-state index in [1.54, 1.807) is 11.8 Å². The largest absolute Gasteiger partial charge is 0.303 e. The van der Waals surface area contributed by atoms with E-state index in [9.17, 15) is 4.79 Å². The van der Waals surface area contributed by atoms with Gasteiger partial charge in [0.2, 0.25) is 0 Å². The standard InChI is InChI=1S/C10H13NOS/c1-8-4-5-9-11(10(8)12)6-2-3-7-13-9/h4-5H,2-3,6-7H2,1H3. The van der Waals surface area contributed by atoms with Crippen LogP contribution in [0, 0.1) is 6.92 Å². The van der Waals surface area contributed by atoms with Gasteiger partial charge in [-0.1, -0.05) is 6.07 Å². The molecule has 1 aliphatic rings. The molecule has 2 rings (SSSR count). The summed E-state index contributed by atoms with van der Waals surface area (Å²) in [5.41, 5.74) is 1.04. The number of rotatable bonds is 0. The topological polar surface area (TPSA) is 22.0 Å². The van der Waals surface area contributed by atoms with Crippen molar-refractivity contribution < 1.29 is 0 Å². The third-order valence-corrected chi connectivity index (χ3v) is 3.50. The van der Waals surface area contributed by atoms with E-state index >= 15 is 0 Å². The zero-order chi connectivity index (χ0) is 9.26. The maximum Gasteiger partial charge on any atom is 0.254 e. The Morgan fingerprint density at radius 1 is 1.38 bits per heavy atom. The van der Waals surface area contributed by atoms with Crippen LogP contribution in [-0.2, 0) is 6.54 Å². The SMILES string of the molecule is Cc1ccc2n(c1=O)CCCCS2. The number of nitrogens with zero attached hydrogens (tertiary/aromatic N) is 1. The van der Waals surface area contributed by atoms with Crippen LogP contribution in [0.4, 0.5) is 0 Å². The number of fused-ring (bicyclic) bond motifs is 1. The molecule has 1 aromatic heterocycles. The summed E-state index contributed by atoms with van der Waals surface area (Å²) in [5.74, 6) is 1.14. The van der Waals surface area contributed by atoms with Crippen LogP contribution in [0.15, 0.2) is 22.0 Å². The Hall–Kier alpha value is -0.700. The molecule has 1 aliphatic heterocycles. The monoisotopic (exact) mass is 195 g/mol. The van der Waals surface area contributed by atoms with Crippen molar-refractivity contribution in [1.82, 2.24) is 4.57 Å². The summed E-state index contributed by atoms with van der Waals surface area (Å²) in [6.45, 7) is 2.77. The zero-order valence-electron chi connectivity index (χ0n) is 7.75. The van der Waals surface area contributed by atoms with Gasteiger partial charge in [0.1, 0.15) is 0 Å². The fourth-order valence-corrected chi connectivity index (χ4v) is 2.61. The Bertz CT molecular complexity index is 370. The van der Waals surface area contributed by atoms with Gasteiger partial charge in [0.25, 0.3) is 5.56 Å². The van der Waals surface area contributed by atoms with Gasteiger partial charge in [-0.3, -0.25) is 4.79 Å². The number of hydrogen-bond acceptors (Lipinski definition) is 2. The molecule has 0 radical (unpaired) electrons. The minimum Gasteiger partial charge on any atom is -0.303 e. The molecule has 0 atom stereocenters. The first-order valence-electron chi connectivity index (χ1n) is 4.62. The minimum atomic E-state index is 0.187. The Morgan fingerprint density at radius 3 is 3.08 bits per heavy atom. The maximum atomic E-state index is 11.7. The average Bonchev–Trinajstić information content (AvgIpc) is 2.36. The van der Waals surface area contributed by atoms with Crippen LogP contribution in [0.2, 0.25) is 0 Å². The minimum absolute atomic E-state index is 0.187. The van der Waals surface area contributed by atoms with Gasteiger partial charge in [-0.15, -0.1) is 11.8 Å². The molecule has 0 fully saturated rings. The molecule has 0 unspecified atom stereocenters. The average molecular weight is 195 g/mol. The lowest BCUT2D eigenvalue weighted by Crippen LogP contribution is -2.22. The van der Waals surface area contributed by atoms with Crippen LogP contribution in [0.5, 0.6) is 0 Å². The highest BCUT2D eigenvalue weighted by molar-refractivity contribution is 7.99. The quantitative estimate of drug-likeness (QED) is 0.632. The molecule has 3 heteroatoms. The normalized spacial score (nSPS) is 16.4. The first-order chi connectivity index (χ1) is 6.29. The molecule has 1 aromatic rings. The molecule has 0 N–H and O–H groups in total. The van der Waals surface area contributed by atoms with E-state index in [1.165, 1.54) is 6.42 Å². The highest BCUT2D eigenvalue weighted by atomic mass is 32.2. The van der Waals surface area contributed by atoms with Crippen molar-refractivity contribution in [3.63, 3.8) is 0 Å². The van der Waals surface area contributed by atoms with E-state index in [2.05, 4.69) is 6.07 Å². The first-order valence-corrected chi connectivity index (χ1v) is 5.61. The predicted molar refractivity (Wildman–Crippen MR) is 55.4 cm³/mol. The van der Waals surface area contributed by atoms with Gasteiger partial charge in [0.05, 0.1) is 5.03 Å². The van der Waals surface area contributed by atoms with Crippen LogP contribution < -0.4 is 5.56 Å². The lowest BCUT2D eigenvalue weighted by Gasteiger charge is -2.08. The van der Waals surface area contributed by atoms with Crippen molar-refractivity contribution in [2.45, 2.75) is 31.3 Å². The smallest absolute Gasteiger partial charge is 0.254 e. The summed E-state index contributed by atoms with van der Waals surface area (Å²) >= 11 is 1.80. The fraction of sp³-hybridized carbons (Fsp3) is 0.500. The van der Waals surface area contributed by atoms with E-state index < -0.39 is 0 Å². The van der Waals surface area contributed by atoms with Crippen LogP contribution >= 0.6 is 11.8 Å². The van der Waals surface area contributed by atoms with Gasteiger partial charge >= 0.3 is 0 Å². The molecule has 0 amide bonds.